The van der Waals surface area contributed by atoms with Crippen molar-refractivity contribution in [2.45, 2.75) is 10.9 Å². The fraction of sp³-hybridized carbons (Fsp3) is 0.231. The van der Waals surface area contributed by atoms with E-state index in [1.165, 1.54) is 9.80 Å². The molecular formula is C26H29N5O3S. The number of fused-ring (bicyclic) bond motifs is 1. The van der Waals surface area contributed by atoms with Gasteiger partial charge in [-0.1, -0.05) is 12.1 Å². The zero-order chi connectivity index (χ0) is 25.2. The summed E-state index contributed by atoms with van der Waals surface area (Å²) in [5.74, 6) is -0.0711. The van der Waals surface area contributed by atoms with Crippen LogP contribution in [0.3, 0.4) is 0 Å². The largest absolute Gasteiger partial charge is 0.497 e. The molecule has 0 spiro atoms. The standard InChI is InChI=1S/C26H29N5O3S/c1-31(26(33)22-21-7-6-16-27-24(21)30-29-22)23(17-8-12-19(34-2)13-9-17)25(32)28-18-10-14-20(15-11-18)35(3,4)5/h6-16,23H,1-5H3,(H,28,32)(H,27,29,30). The number of methoxy groups -OCH3 is 1. The number of H-pyrrole nitrogens is 1. The monoisotopic (exact) mass is 491 g/mol. The van der Waals surface area contributed by atoms with Gasteiger partial charge >= 0.3 is 0 Å². The number of hydrogen-bond donors (Lipinski definition) is 2. The summed E-state index contributed by atoms with van der Waals surface area (Å²) >= 11 is 0. The van der Waals surface area contributed by atoms with E-state index in [4.69, 9.17) is 4.74 Å². The molecule has 4 aromatic rings. The van der Waals surface area contributed by atoms with Gasteiger partial charge in [0.1, 0.15) is 11.8 Å². The van der Waals surface area contributed by atoms with Crippen LogP contribution < -0.4 is 10.1 Å². The summed E-state index contributed by atoms with van der Waals surface area (Å²) in [4.78, 5) is 33.9. The highest BCUT2D eigenvalue weighted by Gasteiger charge is 2.31. The van der Waals surface area contributed by atoms with E-state index >= 15 is 0 Å². The number of carbonyl (C=O) groups is 2. The van der Waals surface area contributed by atoms with Gasteiger partial charge in [-0.3, -0.25) is 14.7 Å². The highest BCUT2D eigenvalue weighted by atomic mass is 32.3. The third kappa shape index (κ3) is 5.14. The van der Waals surface area contributed by atoms with E-state index in [-0.39, 0.29) is 11.6 Å². The summed E-state index contributed by atoms with van der Waals surface area (Å²) in [6.45, 7) is 0. The minimum atomic E-state index is -0.898. The van der Waals surface area contributed by atoms with E-state index in [2.05, 4.69) is 39.3 Å². The number of ether oxygens (including phenoxy) is 1. The fourth-order valence-electron chi connectivity index (χ4n) is 3.80. The first kappa shape index (κ1) is 24.3. The van der Waals surface area contributed by atoms with Gasteiger partial charge in [0.2, 0.25) is 0 Å². The van der Waals surface area contributed by atoms with Crippen LogP contribution in [-0.4, -0.2) is 64.8 Å². The summed E-state index contributed by atoms with van der Waals surface area (Å²) in [6.07, 6.45) is 8.28. The van der Waals surface area contributed by atoms with Gasteiger partial charge in [0.15, 0.2) is 11.3 Å². The third-order valence-corrected chi connectivity index (χ3v) is 7.44. The summed E-state index contributed by atoms with van der Waals surface area (Å²) in [6, 6.07) is 17.6. The average molecular weight is 492 g/mol. The second-order valence-electron chi connectivity index (χ2n) is 8.91. The minimum Gasteiger partial charge on any atom is -0.497 e. The Kier molecular flexibility index (Phi) is 6.79. The number of nitrogens with zero attached hydrogens (tertiary/aromatic N) is 3. The van der Waals surface area contributed by atoms with Crippen molar-refractivity contribution in [3.05, 3.63) is 78.1 Å². The van der Waals surface area contributed by atoms with Gasteiger partial charge in [-0.05, 0) is 77.8 Å². The molecule has 35 heavy (non-hydrogen) atoms. The summed E-state index contributed by atoms with van der Waals surface area (Å²) in [5.41, 5.74) is 2.03. The lowest BCUT2D eigenvalue weighted by Crippen LogP contribution is -2.39. The second-order valence-corrected chi connectivity index (χ2v) is 13.1. The number of pyridine rings is 1. The molecule has 0 aliphatic heterocycles. The van der Waals surface area contributed by atoms with Crippen molar-refractivity contribution in [1.82, 2.24) is 20.1 Å². The molecular weight excluding hydrogens is 462 g/mol. The van der Waals surface area contributed by atoms with Crippen LogP contribution in [0.5, 0.6) is 5.75 Å². The molecule has 2 aromatic heterocycles. The van der Waals surface area contributed by atoms with Gasteiger partial charge in [-0.15, -0.1) is 0 Å². The zero-order valence-corrected chi connectivity index (χ0v) is 21.2. The van der Waals surface area contributed by atoms with Crippen molar-refractivity contribution in [2.24, 2.45) is 0 Å². The second kappa shape index (κ2) is 9.79. The molecule has 0 fully saturated rings. The average Bonchev–Trinajstić information content (AvgIpc) is 3.28. The van der Waals surface area contributed by atoms with Gasteiger partial charge in [-0.25, -0.2) is 15.0 Å². The maximum Gasteiger partial charge on any atom is 0.275 e. The molecule has 2 N–H and O–H groups in total. The molecule has 4 rings (SSSR count). The first-order chi connectivity index (χ1) is 16.7. The number of rotatable bonds is 7. The Balaban J connectivity index is 1.66. The SMILES string of the molecule is COc1ccc(C(C(=O)Nc2ccc(S(C)(C)C)cc2)N(C)C(=O)c2n[nH]c3ncccc23)cc1. The van der Waals surface area contributed by atoms with E-state index in [1.54, 1.807) is 56.8 Å². The molecule has 0 saturated heterocycles. The van der Waals surface area contributed by atoms with Crippen LogP contribution in [0.1, 0.15) is 22.1 Å². The maximum atomic E-state index is 13.6. The molecule has 0 aliphatic carbocycles. The van der Waals surface area contributed by atoms with Crippen molar-refractivity contribution < 1.29 is 14.3 Å². The number of aromatic nitrogens is 3. The number of carbonyl (C=O) groups excluding carboxylic acids is 2. The summed E-state index contributed by atoms with van der Waals surface area (Å²) in [7, 11) is 2.30. The van der Waals surface area contributed by atoms with Crippen molar-refractivity contribution >= 4 is 38.6 Å². The summed E-state index contributed by atoms with van der Waals surface area (Å²) in [5, 5.41) is 10.5. The first-order valence-corrected chi connectivity index (χ1v) is 13.8. The van der Waals surface area contributed by atoms with Gasteiger partial charge in [-0.2, -0.15) is 5.10 Å². The Morgan fingerprint density at radius 2 is 1.71 bits per heavy atom. The van der Waals surface area contributed by atoms with Crippen molar-refractivity contribution in [1.29, 1.82) is 0 Å². The number of anilines is 1. The van der Waals surface area contributed by atoms with Gasteiger partial charge in [0, 0.05) is 18.9 Å². The van der Waals surface area contributed by atoms with E-state index in [9.17, 15) is 9.59 Å². The van der Waals surface area contributed by atoms with E-state index in [0.29, 0.717) is 28.0 Å². The number of benzene rings is 2. The molecule has 2 aromatic carbocycles. The predicted octanol–water partition coefficient (Wildman–Crippen LogP) is 4.47. The lowest BCUT2D eigenvalue weighted by atomic mass is 10.0. The van der Waals surface area contributed by atoms with Gasteiger partial charge in [0.25, 0.3) is 11.8 Å². The lowest BCUT2D eigenvalue weighted by Gasteiger charge is -2.28. The quantitative estimate of drug-likeness (QED) is 0.397. The minimum absolute atomic E-state index is 0.208. The van der Waals surface area contributed by atoms with Gasteiger partial charge < -0.3 is 15.0 Å². The number of hydrogen-bond acceptors (Lipinski definition) is 5. The number of likely N-dealkylation sites (N-methyl/N-ethyl adjacent to an activating group) is 1. The highest BCUT2D eigenvalue weighted by molar-refractivity contribution is 8.32. The molecule has 0 radical (unpaired) electrons. The van der Waals surface area contributed by atoms with Crippen LogP contribution in [0.4, 0.5) is 5.69 Å². The van der Waals surface area contributed by atoms with Crippen molar-refractivity contribution in [3.63, 3.8) is 0 Å². The third-order valence-electron chi connectivity index (χ3n) is 5.76. The Hall–Kier alpha value is -3.85. The van der Waals surface area contributed by atoms with Crippen LogP contribution >= 0.6 is 10.0 Å². The molecule has 2 amide bonds. The van der Waals surface area contributed by atoms with Crippen LogP contribution in [0.2, 0.25) is 0 Å². The molecule has 9 heteroatoms. The Morgan fingerprint density at radius 3 is 2.34 bits per heavy atom. The molecule has 2 heterocycles. The molecule has 8 nitrogen and oxygen atoms in total. The van der Waals surface area contributed by atoms with Crippen LogP contribution in [0.25, 0.3) is 11.0 Å². The smallest absolute Gasteiger partial charge is 0.275 e. The number of aromatic amines is 1. The number of amides is 2. The Bertz CT molecular complexity index is 1340. The maximum absolute atomic E-state index is 13.6. The van der Waals surface area contributed by atoms with E-state index in [0.717, 1.165) is 0 Å². The lowest BCUT2D eigenvalue weighted by molar-refractivity contribution is -0.120. The van der Waals surface area contributed by atoms with Crippen molar-refractivity contribution in [2.75, 3.05) is 38.2 Å². The normalized spacial score (nSPS) is 12.7. The van der Waals surface area contributed by atoms with E-state index in [1.807, 2.05) is 24.3 Å². The highest BCUT2D eigenvalue weighted by Crippen LogP contribution is 2.45. The number of nitrogens with one attached hydrogen (secondary N) is 2. The van der Waals surface area contributed by atoms with Crippen LogP contribution in [-0.2, 0) is 4.79 Å². The molecule has 182 valence electrons. The Morgan fingerprint density at radius 1 is 1.03 bits per heavy atom. The molecule has 1 atom stereocenters. The summed E-state index contributed by atoms with van der Waals surface area (Å²) < 4.78 is 5.26. The van der Waals surface area contributed by atoms with Crippen LogP contribution in [0.15, 0.2) is 71.8 Å². The Labute approximate surface area is 206 Å². The molecule has 1 unspecified atom stereocenters. The molecule has 0 aliphatic rings. The zero-order valence-electron chi connectivity index (χ0n) is 20.4. The first-order valence-electron chi connectivity index (χ1n) is 11.0. The van der Waals surface area contributed by atoms with Gasteiger partial charge in [0.05, 0.1) is 12.5 Å². The fourth-order valence-corrected chi connectivity index (χ4v) is 4.75. The molecule has 0 saturated carbocycles. The van der Waals surface area contributed by atoms with Crippen LogP contribution in [0, 0.1) is 0 Å². The molecule has 0 bridgehead atoms. The predicted molar refractivity (Wildman–Crippen MR) is 140 cm³/mol. The van der Waals surface area contributed by atoms with E-state index < -0.39 is 22.0 Å². The topological polar surface area (TPSA) is 100 Å². The van der Waals surface area contributed by atoms with Crippen molar-refractivity contribution in [3.8, 4) is 5.75 Å².